The van der Waals surface area contributed by atoms with Crippen LogP contribution in [0.3, 0.4) is 0 Å². The summed E-state index contributed by atoms with van der Waals surface area (Å²) in [6.07, 6.45) is 3.05. The molecule has 7 nitrogen and oxygen atoms in total. The Morgan fingerprint density at radius 2 is 1.71 bits per heavy atom. The Morgan fingerprint density at radius 3 is 2.36 bits per heavy atom. The van der Waals surface area contributed by atoms with Gasteiger partial charge in [0.1, 0.15) is 17.3 Å². The van der Waals surface area contributed by atoms with E-state index in [1.165, 1.54) is 0 Å². The van der Waals surface area contributed by atoms with Gasteiger partial charge >= 0.3 is 6.09 Å². The van der Waals surface area contributed by atoms with Gasteiger partial charge in [0.05, 0.1) is 11.9 Å². The molecule has 140 valence electrons. The van der Waals surface area contributed by atoms with Gasteiger partial charge in [-0.15, -0.1) is 0 Å². The van der Waals surface area contributed by atoms with Crippen LogP contribution in [0.25, 0.3) is 16.9 Å². The van der Waals surface area contributed by atoms with Gasteiger partial charge in [0.25, 0.3) is 0 Å². The highest BCUT2D eigenvalue weighted by molar-refractivity contribution is 5.88. The molecule has 0 atom stereocenters. The molecule has 0 aliphatic rings. The van der Waals surface area contributed by atoms with Gasteiger partial charge in [-0.25, -0.2) is 9.48 Å². The smallest absolute Gasteiger partial charge is 0.410 e. The van der Waals surface area contributed by atoms with Crippen LogP contribution in [0, 0.1) is 6.92 Å². The lowest BCUT2D eigenvalue weighted by Gasteiger charge is -2.10. The number of hydrogen-bond donors (Lipinski definition) is 1. The summed E-state index contributed by atoms with van der Waals surface area (Å²) in [7, 11) is 1.85. The standard InChI is InChI=1S/C21H19N5O2/c1-15-19(16-13-22-25(2)14-16)24-26(17-9-5-3-6-10-17)20(15)23-21(27)28-18-11-7-4-8-12-18/h3-14H,1-2H3,(H,23,27). The number of carbonyl (C=O) groups is 1. The second kappa shape index (κ2) is 7.40. The third kappa shape index (κ3) is 3.50. The minimum Gasteiger partial charge on any atom is -0.410 e. The summed E-state index contributed by atoms with van der Waals surface area (Å²) >= 11 is 0. The van der Waals surface area contributed by atoms with E-state index in [0.717, 1.165) is 22.5 Å². The molecule has 1 N–H and O–H groups in total. The van der Waals surface area contributed by atoms with Crippen LogP contribution in [0.15, 0.2) is 73.1 Å². The molecule has 7 heteroatoms. The van der Waals surface area contributed by atoms with Crippen molar-refractivity contribution < 1.29 is 9.53 Å². The molecule has 1 amide bonds. The number of nitrogens with one attached hydrogen (secondary N) is 1. The molecule has 4 aromatic rings. The Bertz CT molecular complexity index is 1100. The number of benzene rings is 2. The maximum absolute atomic E-state index is 12.5. The van der Waals surface area contributed by atoms with Gasteiger partial charge in [-0.1, -0.05) is 36.4 Å². The fourth-order valence-electron chi connectivity index (χ4n) is 2.93. The van der Waals surface area contributed by atoms with Crippen LogP contribution in [-0.4, -0.2) is 25.7 Å². The molecular formula is C21H19N5O2. The van der Waals surface area contributed by atoms with Gasteiger partial charge in [0.2, 0.25) is 0 Å². The van der Waals surface area contributed by atoms with E-state index in [-0.39, 0.29) is 0 Å². The van der Waals surface area contributed by atoms with Crippen LogP contribution in [0.1, 0.15) is 5.56 Å². The van der Waals surface area contributed by atoms with Gasteiger partial charge < -0.3 is 4.74 Å². The van der Waals surface area contributed by atoms with E-state index in [1.54, 1.807) is 27.7 Å². The first-order chi connectivity index (χ1) is 13.6. The topological polar surface area (TPSA) is 74.0 Å². The van der Waals surface area contributed by atoms with Crippen LogP contribution in [-0.2, 0) is 7.05 Å². The number of hydrogen-bond acceptors (Lipinski definition) is 4. The van der Waals surface area contributed by atoms with Crippen molar-refractivity contribution >= 4 is 11.9 Å². The highest BCUT2D eigenvalue weighted by atomic mass is 16.6. The molecule has 0 aliphatic carbocycles. The summed E-state index contributed by atoms with van der Waals surface area (Å²) in [5.74, 6) is 1.02. The monoisotopic (exact) mass is 373 g/mol. The average Bonchev–Trinajstić information content (AvgIpc) is 3.27. The summed E-state index contributed by atoms with van der Waals surface area (Å²) in [4.78, 5) is 12.5. The fraction of sp³-hybridized carbons (Fsp3) is 0.0952. The minimum absolute atomic E-state index is 0.468. The molecule has 0 fully saturated rings. The Morgan fingerprint density at radius 1 is 1.04 bits per heavy atom. The molecule has 0 spiro atoms. The molecule has 2 aromatic heterocycles. The molecular weight excluding hydrogens is 354 g/mol. The van der Waals surface area contributed by atoms with Crippen LogP contribution in [0.5, 0.6) is 5.75 Å². The van der Waals surface area contributed by atoms with E-state index in [1.807, 2.05) is 68.7 Å². The first-order valence-electron chi connectivity index (χ1n) is 8.80. The second-order valence-corrected chi connectivity index (χ2v) is 6.30. The van der Waals surface area contributed by atoms with Crippen LogP contribution >= 0.6 is 0 Å². The predicted molar refractivity (Wildman–Crippen MR) is 107 cm³/mol. The van der Waals surface area contributed by atoms with E-state index in [4.69, 9.17) is 9.84 Å². The second-order valence-electron chi connectivity index (χ2n) is 6.30. The normalized spacial score (nSPS) is 10.6. The molecule has 2 heterocycles. The van der Waals surface area contributed by atoms with Crippen molar-refractivity contribution in [3.8, 4) is 22.7 Å². The number of carbonyl (C=O) groups excluding carboxylic acids is 1. The van der Waals surface area contributed by atoms with E-state index < -0.39 is 6.09 Å². The first kappa shape index (κ1) is 17.5. The Labute approximate surface area is 162 Å². The Hall–Kier alpha value is -3.87. The summed E-state index contributed by atoms with van der Waals surface area (Å²) in [6.45, 7) is 1.91. The minimum atomic E-state index is -0.580. The highest BCUT2D eigenvalue weighted by Gasteiger charge is 2.20. The maximum atomic E-state index is 12.5. The summed E-state index contributed by atoms with van der Waals surface area (Å²) in [5.41, 5.74) is 3.26. The highest BCUT2D eigenvalue weighted by Crippen LogP contribution is 2.30. The molecule has 0 radical (unpaired) electrons. The molecule has 0 saturated heterocycles. The van der Waals surface area contributed by atoms with Crippen molar-refractivity contribution in [2.24, 2.45) is 7.05 Å². The number of aryl methyl sites for hydroxylation is 1. The van der Waals surface area contributed by atoms with Crippen molar-refractivity contribution in [2.75, 3.05) is 5.32 Å². The summed E-state index contributed by atoms with van der Waals surface area (Å²) in [6, 6.07) is 18.5. The van der Waals surface area contributed by atoms with Crippen LogP contribution < -0.4 is 10.1 Å². The molecule has 0 aliphatic heterocycles. The lowest BCUT2D eigenvalue weighted by molar-refractivity contribution is 0.215. The zero-order valence-corrected chi connectivity index (χ0v) is 15.5. The number of para-hydroxylation sites is 2. The van der Waals surface area contributed by atoms with Crippen molar-refractivity contribution in [2.45, 2.75) is 6.92 Å². The predicted octanol–water partition coefficient (Wildman–Crippen LogP) is 4.19. The lowest BCUT2D eigenvalue weighted by Crippen LogP contribution is -2.19. The number of amides is 1. The fourth-order valence-corrected chi connectivity index (χ4v) is 2.93. The molecule has 2 aromatic carbocycles. The summed E-state index contributed by atoms with van der Waals surface area (Å²) in [5, 5.41) is 11.8. The van der Waals surface area contributed by atoms with E-state index in [9.17, 15) is 4.79 Å². The van der Waals surface area contributed by atoms with Crippen molar-refractivity contribution in [1.82, 2.24) is 19.6 Å². The zero-order valence-electron chi connectivity index (χ0n) is 15.5. The Kier molecular flexibility index (Phi) is 4.63. The number of anilines is 1. The van der Waals surface area contributed by atoms with E-state index in [0.29, 0.717) is 11.6 Å². The van der Waals surface area contributed by atoms with Gasteiger partial charge in [-0.05, 0) is 31.2 Å². The average molecular weight is 373 g/mol. The number of rotatable bonds is 4. The number of aromatic nitrogens is 4. The van der Waals surface area contributed by atoms with Crippen molar-refractivity contribution in [3.05, 3.63) is 78.6 Å². The molecule has 0 bridgehead atoms. The largest absolute Gasteiger partial charge is 0.418 e. The molecule has 4 rings (SSSR count). The van der Waals surface area contributed by atoms with Crippen LogP contribution in [0.2, 0.25) is 0 Å². The Balaban J connectivity index is 1.72. The zero-order chi connectivity index (χ0) is 19.5. The van der Waals surface area contributed by atoms with Crippen molar-refractivity contribution in [1.29, 1.82) is 0 Å². The maximum Gasteiger partial charge on any atom is 0.418 e. The number of ether oxygens (including phenoxy) is 1. The molecule has 0 unspecified atom stereocenters. The molecule has 28 heavy (non-hydrogen) atoms. The van der Waals surface area contributed by atoms with Gasteiger partial charge in [0.15, 0.2) is 0 Å². The van der Waals surface area contributed by atoms with Gasteiger partial charge in [-0.3, -0.25) is 10.00 Å². The van der Waals surface area contributed by atoms with Gasteiger partial charge in [0, 0.05) is 24.4 Å². The van der Waals surface area contributed by atoms with E-state index >= 15 is 0 Å². The van der Waals surface area contributed by atoms with Gasteiger partial charge in [-0.2, -0.15) is 10.2 Å². The molecule has 0 saturated carbocycles. The first-order valence-corrected chi connectivity index (χ1v) is 8.80. The summed E-state index contributed by atoms with van der Waals surface area (Å²) < 4.78 is 8.79. The quantitative estimate of drug-likeness (QED) is 0.582. The SMILES string of the molecule is Cc1c(-c2cnn(C)c2)nn(-c2ccccc2)c1NC(=O)Oc1ccccc1. The van der Waals surface area contributed by atoms with Crippen molar-refractivity contribution in [3.63, 3.8) is 0 Å². The van der Waals surface area contributed by atoms with Crippen LogP contribution in [0.4, 0.5) is 10.6 Å². The number of nitrogens with zero attached hydrogens (tertiary/aromatic N) is 4. The third-order valence-corrected chi connectivity index (χ3v) is 4.28. The lowest BCUT2D eigenvalue weighted by atomic mass is 10.1. The third-order valence-electron chi connectivity index (χ3n) is 4.28. The van der Waals surface area contributed by atoms with E-state index in [2.05, 4.69) is 10.4 Å².